The fraction of sp³-hybridized carbons (Fsp3) is 0.500. The van der Waals surface area contributed by atoms with Gasteiger partial charge in [-0.15, -0.1) is 0 Å². The molecule has 1 aliphatic heterocycles. The molecule has 2 unspecified atom stereocenters. The summed E-state index contributed by atoms with van der Waals surface area (Å²) in [5.41, 5.74) is 0.310. The minimum atomic E-state index is -3.69. The lowest BCUT2D eigenvalue weighted by Gasteiger charge is -2.29. The Bertz CT molecular complexity index is 542. The van der Waals surface area contributed by atoms with Gasteiger partial charge in [-0.05, 0) is 25.0 Å². The predicted octanol–water partition coefficient (Wildman–Crippen LogP) is 3.00. The molecular formula is C12H13Cl2FO3S. The average Bonchev–Trinajstić information content (AvgIpc) is 2.33. The Morgan fingerprint density at radius 1 is 1.42 bits per heavy atom. The molecule has 0 amide bonds. The molecule has 19 heavy (non-hydrogen) atoms. The van der Waals surface area contributed by atoms with Gasteiger partial charge in [0, 0.05) is 33.8 Å². The van der Waals surface area contributed by atoms with Crippen molar-refractivity contribution in [1.29, 1.82) is 0 Å². The maximum atomic E-state index is 13.7. The van der Waals surface area contributed by atoms with Crippen molar-refractivity contribution in [3.8, 4) is 0 Å². The minimum absolute atomic E-state index is 0.197. The van der Waals surface area contributed by atoms with Crippen molar-refractivity contribution in [3.63, 3.8) is 0 Å². The number of benzene rings is 1. The first-order chi connectivity index (χ1) is 8.89. The Morgan fingerprint density at radius 2 is 2.16 bits per heavy atom. The number of ether oxygens (including phenoxy) is 1. The van der Waals surface area contributed by atoms with Crippen molar-refractivity contribution in [2.75, 3.05) is 13.2 Å². The Hall–Kier alpha value is -0.360. The number of halogens is 3. The predicted molar refractivity (Wildman–Crippen MR) is 72.6 cm³/mol. The van der Waals surface area contributed by atoms with Crippen molar-refractivity contribution in [2.24, 2.45) is 5.92 Å². The van der Waals surface area contributed by atoms with Crippen LogP contribution in [-0.4, -0.2) is 26.9 Å². The summed E-state index contributed by atoms with van der Waals surface area (Å²) in [5.74, 6) is -0.825. The Kier molecular flexibility index (Phi) is 4.71. The zero-order valence-electron chi connectivity index (χ0n) is 9.98. The summed E-state index contributed by atoms with van der Waals surface area (Å²) in [6.45, 7) is 0.583. The summed E-state index contributed by atoms with van der Waals surface area (Å²) in [7, 11) is 1.75. The second kappa shape index (κ2) is 5.95. The molecule has 1 fully saturated rings. The summed E-state index contributed by atoms with van der Waals surface area (Å²) in [6.07, 6.45) is 0.519. The van der Waals surface area contributed by atoms with Crippen LogP contribution in [-0.2, 0) is 20.2 Å². The van der Waals surface area contributed by atoms with Gasteiger partial charge in [0.1, 0.15) is 5.82 Å². The highest BCUT2D eigenvalue weighted by molar-refractivity contribution is 8.14. The number of hydrogen-bond donors (Lipinski definition) is 0. The zero-order chi connectivity index (χ0) is 14.0. The third kappa shape index (κ3) is 3.60. The molecule has 1 aromatic carbocycles. The maximum absolute atomic E-state index is 13.7. The summed E-state index contributed by atoms with van der Waals surface area (Å²) >= 11 is 5.95. The molecule has 7 heteroatoms. The highest BCUT2D eigenvalue weighted by Gasteiger charge is 2.35. The maximum Gasteiger partial charge on any atom is 0.235 e. The molecule has 1 aliphatic rings. The molecule has 1 heterocycles. The summed E-state index contributed by atoms with van der Waals surface area (Å²) in [5, 5.41) is -0.435. The van der Waals surface area contributed by atoms with E-state index in [1.807, 2.05) is 0 Å². The normalized spacial score (nSPS) is 24.4. The van der Waals surface area contributed by atoms with Gasteiger partial charge < -0.3 is 4.74 Å². The van der Waals surface area contributed by atoms with E-state index in [1.54, 1.807) is 6.07 Å². The van der Waals surface area contributed by atoms with Crippen LogP contribution >= 0.6 is 22.3 Å². The zero-order valence-corrected chi connectivity index (χ0v) is 12.3. The lowest BCUT2D eigenvalue weighted by molar-refractivity contribution is 0.0574. The second-order valence-corrected chi connectivity index (χ2v) is 7.80. The molecule has 0 aliphatic carbocycles. The van der Waals surface area contributed by atoms with Gasteiger partial charge in [-0.25, -0.2) is 12.8 Å². The van der Waals surface area contributed by atoms with Crippen molar-refractivity contribution in [1.82, 2.24) is 0 Å². The molecule has 0 radical (unpaired) electrons. The van der Waals surface area contributed by atoms with Crippen LogP contribution in [0.1, 0.15) is 12.0 Å². The lowest BCUT2D eigenvalue weighted by Crippen LogP contribution is -2.37. The Balaban J connectivity index is 2.25. The van der Waals surface area contributed by atoms with Crippen LogP contribution in [0.4, 0.5) is 4.39 Å². The van der Waals surface area contributed by atoms with Gasteiger partial charge in [0.2, 0.25) is 9.05 Å². The molecule has 0 aromatic heterocycles. The van der Waals surface area contributed by atoms with Gasteiger partial charge in [0.15, 0.2) is 0 Å². The van der Waals surface area contributed by atoms with E-state index >= 15 is 0 Å². The molecule has 3 nitrogen and oxygen atoms in total. The molecule has 2 rings (SSSR count). The number of hydrogen-bond acceptors (Lipinski definition) is 3. The highest BCUT2D eigenvalue weighted by Crippen LogP contribution is 2.30. The largest absolute Gasteiger partial charge is 0.381 e. The van der Waals surface area contributed by atoms with Crippen LogP contribution in [0.2, 0.25) is 5.02 Å². The molecule has 0 N–H and O–H groups in total. The standard InChI is InChI=1S/C12H13Cl2FO3S/c13-10-2-1-3-11(15)9(10)6-8-7-18-5-4-12(8)19(14,16)17/h1-3,8,12H,4-7H2. The molecule has 106 valence electrons. The van der Waals surface area contributed by atoms with Crippen LogP contribution in [0, 0.1) is 11.7 Å². The quantitative estimate of drug-likeness (QED) is 0.802. The van der Waals surface area contributed by atoms with Crippen LogP contribution in [0.3, 0.4) is 0 Å². The van der Waals surface area contributed by atoms with E-state index in [0.717, 1.165) is 0 Å². The van der Waals surface area contributed by atoms with E-state index < -0.39 is 20.1 Å². The van der Waals surface area contributed by atoms with Gasteiger partial charge in [-0.2, -0.15) is 0 Å². The van der Waals surface area contributed by atoms with Gasteiger partial charge in [-0.3, -0.25) is 0 Å². The monoisotopic (exact) mass is 326 g/mol. The minimum Gasteiger partial charge on any atom is -0.381 e. The summed E-state index contributed by atoms with van der Waals surface area (Å²) in [4.78, 5) is 0. The van der Waals surface area contributed by atoms with E-state index in [2.05, 4.69) is 0 Å². The SMILES string of the molecule is O=S(=O)(Cl)C1CCOCC1Cc1c(F)cccc1Cl. The Labute approximate surface area is 121 Å². The van der Waals surface area contributed by atoms with Gasteiger partial charge in [-0.1, -0.05) is 17.7 Å². The van der Waals surface area contributed by atoms with Crippen LogP contribution in [0.25, 0.3) is 0 Å². The average molecular weight is 327 g/mol. The topological polar surface area (TPSA) is 43.4 Å². The highest BCUT2D eigenvalue weighted by atomic mass is 35.7. The smallest absolute Gasteiger partial charge is 0.235 e. The molecule has 1 aromatic rings. The third-order valence-electron chi connectivity index (χ3n) is 3.29. The lowest BCUT2D eigenvalue weighted by atomic mass is 9.93. The molecular weight excluding hydrogens is 314 g/mol. The molecule has 0 saturated carbocycles. The van der Waals surface area contributed by atoms with E-state index in [0.29, 0.717) is 18.6 Å². The Morgan fingerprint density at radius 3 is 2.79 bits per heavy atom. The first-order valence-corrected chi connectivity index (χ1v) is 8.58. The number of rotatable bonds is 3. The van der Waals surface area contributed by atoms with Crippen molar-refractivity contribution in [3.05, 3.63) is 34.6 Å². The second-order valence-electron chi connectivity index (χ2n) is 4.54. The first kappa shape index (κ1) is 15.0. The van der Waals surface area contributed by atoms with E-state index in [1.165, 1.54) is 12.1 Å². The van der Waals surface area contributed by atoms with E-state index in [4.69, 9.17) is 27.0 Å². The fourth-order valence-corrected chi connectivity index (χ4v) is 4.28. The fourth-order valence-electron chi connectivity index (χ4n) is 2.33. The molecule has 0 bridgehead atoms. The third-order valence-corrected chi connectivity index (χ3v) is 5.68. The van der Waals surface area contributed by atoms with Gasteiger partial charge in [0.25, 0.3) is 0 Å². The van der Waals surface area contributed by atoms with Crippen molar-refractivity contribution in [2.45, 2.75) is 18.1 Å². The van der Waals surface area contributed by atoms with Crippen LogP contribution in [0.15, 0.2) is 18.2 Å². The molecule has 0 spiro atoms. The summed E-state index contributed by atoms with van der Waals surface area (Å²) < 4.78 is 42.1. The van der Waals surface area contributed by atoms with Crippen molar-refractivity contribution >= 4 is 31.3 Å². The molecule has 2 atom stereocenters. The van der Waals surface area contributed by atoms with Gasteiger partial charge >= 0.3 is 0 Å². The van der Waals surface area contributed by atoms with Crippen LogP contribution < -0.4 is 0 Å². The van der Waals surface area contributed by atoms with Gasteiger partial charge in [0.05, 0.1) is 11.9 Å². The summed E-state index contributed by atoms with van der Waals surface area (Å²) in [6, 6.07) is 4.39. The van der Waals surface area contributed by atoms with E-state index in [-0.39, 0.29) is 24.0 Å². The molecule has 1 saturated heterocycles. The first-order valence-electron chi connectivity index (χ1n) is 5.83. The van der Waals surface area contributed by atoms with Crippen molar-refractivity contribution < 1.29 is 17.5 Å². The van der Waals surface area contributed by atoms with E-state index in [9.17, 15) is 12.8 Å². The van der Waals surface area contributed by atoms with Crippen LogP contribution in [0.5, 0.6) is 0 Å².